The van der Waals surface area contributed by atoms with E-state index in [1.54, 1.807) is 12.1 Å². The van der Waals surface area contributed by atoms with Gasteiger partial charge in [0.05, 0.1) is 12.7 Å². The van der Waals surface area contributed by atoms with E-state index in [-0.39, 0.29) is 24.5 Å². The fourth-order valence-corrected chi connectivity index (χ4v) is 2.06. The lowest BCUT2D eigenvalue weighted by molar-refractivity contribution is 0.0599. The lowest BCUT2D eigenvalue weighted by Crippen LogP contribution is -2.34. The molecule has 1 saturated heterocycles. The molecule has 0 saturated carbocycles. The first-order valence-electron chi connectivity index (χ1n) is 6.27. The number of methoxy groups -OCH3 is 1. The maximum Gasteiger partial charge on any atom is 0.337 e. The van der Waals surface area contributed by atoms with Crippen molar-refractivity contribution in [1.29, 1.82) is 0 Å². The van der Waals surface area contributed by atoms with Crippen molar-refractivity contribution >= 4 is 18.4 Å². The van der Waals surface area contributed by atoms with Crippen LogP contribution in [-0.4, -0.2) is 32.3 Å². The van der Waals surface area contributed by atoms with E-state index in [1.807, 2.05) is 13.0 Å². The third kappa shape index (κ3) is 4.11. The molecule has 0 atom stereocenters. The van der Waals surface area contributed by atoms with Gasteiger partial charge in [0.25, 0.3) is 0 Å². The maximum absolute atomic E-state index is 11.5. The number of rotatable bonds is 3. The first-order valence-corrected chi connectivity index (χ1v) is 6.27. The number of carbonyl (C=O) groups is 1. The minimum absolute atomic E-state index is 0. The average Bonchev–Trinajstić information content (AvgIpc) is 2.41. The molecule has 106 valence electrons. The van der Waals surface area contributed by atoms with Crippen molar-refractivity contribution < 1.29 is 14.3 Å². The number of nitrogens with one attached hydrogen (secondary N) is 1. The molecule has 4 nitrogen and oxygen atoms in total. The number of hydrogen-bond donors (Lipinski definition) is 1. The molecule has 1 aliphatic rings. The molecule has 0 unspecified atom stereocenters. The molecule has 5 heteroatoms. The average molecular weight is 286 g/mol. The predicted molar refractivity (Wildman–Crippen MR) is 76.3 cm³/mol. The number of hydrogen-bond acceptors (Lipinski definition) is 4. The highest BCUT2D eigenvalue weighted by atomic mass is 35.5. The molecule has 0 amide bonds. The van der Waals surface area contributed by atoms with Crippen molar-refractivity contribution in [2.75, 3.05) is 20.2 Å². The Bertz CT molecular complexity index is 431. The zero-order chi connectivity index (χ0) is 13.0. The molecule has 1 fully saturated rings. The number of aryl methyl sites for hydroxylation is 1. The van der Waals surface area contributed by atoms with Gasteiger partial charge < -0.3 is 14.8 Å². The summed E-state index contributed by atoms with van der Waals surface area (Å²) >= 11 is 0. The Kier molecular flexibility index (Phi) is 6.12. The second-order valence-corrected chi connectivity index (χ2v) is 4.54. The number of esters is 1. The molecule has 0 spiro atoms. The van der Waals surface area contributed by atoms with Crippen molar-refractivity contribution in [2.45, 2.75) is 25.9 Å². The summed E-state index contributed by atoms with van der Waals surface area (Å²) in [6.07, 6.45) is 2.24. The summed E-state index contributed by atoms with van der Waals surface area (Å²) in [5.74, 6) is 0.454. The maximum atomic E-state index is 11.5. The van der Waals surface area contributed by atoms with Crippen LogP contribution < -0.4 is 10.1 Å². The highest BCUT2D eigenvalue weighted by Gasteiger charge is 2.16. The minimum atomic E-state index is -0.329. The summed E-state index contributed by atoms with van der Waals surface area (Å²) in [5.41, 5.74) is 1.58. The SMILES string of the molecule is COC(=O)c1ccc(C)c(OC2CCNCC2)c1.Cl. The van der Waals surface area contributed by atoms with E-state index in [9.17, 15) is 4.79 Å². The van der Waals surface area contributed by atoms with Crippen LogP contribution in [0.4, 0.5) is 0 Å². The molecule has 1 aliphatic heterocycles. The monoisotopic (exact) mass is 285 g/mol. The van der Waals surface area contributed by atoms with Crippen LogP contribution in [-0.2, 0) is 4.74 Å². The van der Waals surface area contributed by atoms with Crippen molar-refractivity contribution in [1.82, 2.24) is 5.32 Å². The molecule has 2 rings (SSSR count). The number of piperidine rings is 1. The van der Waals surface area contributed by atoms with Gasteiger partial charge in [-0.25, -0.2) is 4.79 Å². The van der Waals surface area contributed by atoms with Crippen LogP contribution in [0, 0.1) is 6.92 Å². The van der Waals surface area contributed by atoms with E-state index in [2.05, 4.69) is 5.32 Å². The smallest absolute Gasteiger partial charge is 0.337 e. The molecular weight excluding hydrogens is 266 g/mol. The summed E-state index contributed by atoms with van der Waals surface area (Å²) in [6, 6.07) is 5.42. The van der Waals surface area contributed by atoms with Gasteiger partial charge in [0.2, 0.25) is 0 Å². The molecule has 0 radical (unpaired) electrons. The second-order valence-electron chi connectivity index (χ2n) is 4.54. The fourth-order valence-electron chi connectivity index (χ4n) is 2.06. The van der Waals surface area contributed by atoms with Crippen LogP contribution >= 0.6 is 12.4 Å². The summed E-state index contributed by atoms with van der Waals surface area (Å²) < 4.78 is 10.7. The quantitative estimate of drug-likeness (QED) is 0.866. The Balaban J connectivity index is 0.00000180. The van der Waals surface area contributed by atoms with Crippen molar-refractivity contribution in [3.05, 3.63) is 29.3 Å². The summed E-state index contributed by atoms with van der Waals surface area (Å²) in [6.45, 7) is 3.96. The van der Waals surface area contributed by atoms with Crippen molar-refractivity contribution in [2.24, 2.45) is 0 Å². The molecule has 19 heavy (non-hydrogen) atoms. The summed E-state index contributed by atoms with van der Waals surface area (Å²) in [4.78, 5) is 11.5. The number of benzene rings is 1. The molecule has 1 aromatic rings. The van der Waals surface area contributed by atoms with Crippen LogP contribution in [0.5, 0.6) is 5.75 Å². The standard InChI is InChI=1S/C14H19NO3.ClH/c1-10-3-4-11(14(16)17-2)9-13(10)18-12-5-7-15-8-6-12;/h3-4,9,12,15H,5-8H2,1-2H3;1H. The highest BCUT2D eigenvalue weighted by molar-refractivity contribution is 5.89. The third-order valence-corrected chi connectivity index (χ3v) is 3.19. The number of ether oxygens (including phenoxy) is 2. The Morgan fingerprint density at radius 1 is 1.32 bits per heavy atom. The summed E-state index contributed by atoms with van der Waals surface area (Å²) in [7, 11) is 1.38. The van der Waals surface area contributed by atoms with E-state index >= 15 is 0 Å². The van der Waals surface area contributed by atoms with Gasteiger partial charge in [0.1, 0.15) is 11.9 Å². The third-order valence-electron chi connectivity index (χ3n) is 3.19. The second kappa shape index (κ2) is 7.36. The fraction of sp³-hybridized carbons (Fsp3) is 0.500. The van der Waals surface area contributed by atoms with Gasteiger partial charge in [-0.15, -0.1) is 12.4 Å². The zero-order valence-corrected chi connectivity index (χ0v) is 12.1. The molecule has 1 aromatic carbocycles. The topological polar surface area (TPSA) is 47.6 Å². The van der Waals surface area contributed by atoms with E-state index in [0.717, 1.165) is 37.2 Å². The van der Waals surface area contributed by atoms with Gasteiger partial charge in [-0.2, -0.15) is 0 Å². The van der Waals surface area contributed by atoms with Crippen molar-refractivity contribution in [3.63, 3.8) is 0 Å². The first-order chi connectivity index (χ1) is 8.70. The normalized spacial score (nSPS) is 15.5. The van der Waals surface area contributed by atoms with Crippen LogP contribution in [0.3, 0.4) is 0 Å². The van der Waals surface area contributed by atoms with Gasteiger partial charge in [-0.05, 0) is 50.6 Å². The molecule has 1 N–H and O–H groups in total. The molecule has 0 aromatic heterocycles. The zero-order valence-electron chi connectivity index (χ0n) is 11.3. The van der Waals surface area contributed by atoms with Crippen molar-refractivity contribution in [3.8, 4) is 5.75 Å². The van der Waals surface area contributed by atoms with E-state index in [4.69, 9.17) is 9.47 Å². The summed E-state index contributed by atoms with van der Waals surface area (Å²) in [5, 5.41) is 3.30. The predicted octanol–water partition coefficient (Wildman–Crippen LogP) is 2.33. The number of halogens is 1. The Morgan fingerprint density at radius 3 is 2.63 bits per heavy atom. The molecule has 1 heterocycles. The largest absolute Gasteiger partial charge is 0.490 e. The first kappa shape index (κ1) is 15.8. The molecule has 0 aliphatic carbocycles. The van der Waals surface area contributed by atoms with Gasteiger partial charge in [0, 0.05) is 0 Å². The molecule has 0 bridgehead atoms. The van der Waals surface area contributed by atoms with Gasteiger partial charge in [-0.1, -0.05) is 6.07 Å². The van der Waals surface area contributed by atoms with Crippen LogP contribution in [0.2, 0.25) is 0 Å². The van der Waals surface area contributed by atoms with Gasteiger partial charge >= 0.3 is 5.97 Å². The Labute approximate surface area is 119 Å². The van der Waals surface area contributed by atoms with Gasteiger partial charge in [-0.3, -0.25) is 0 Å². The van der Waals surface area contributed by atoms with Crippen LogP contribution in [0.15, 0.2) is 18.2 Å². The van der Waals surface area contributed by atoms with E-state index in [0.29, 0.717) is 5.56 Å². The number of carbonyl (C=O) groups excluding carboxylic acids is 1. The van der Waals surface area contributed by atoms with E-state index < -0.39 is 0 Å². The lowest BCUT2D eigenvalue weighted by Gasteiger charge is -2.24. The van der Waals surface area contributed by atoms with Gasteiger partial charge in [0.15, 0.2) is 0 Å². The Morgan fingerprint density at radius 2 is 2.00 bits per heavy atom. The Hall–Kier alpha value is -1.26. The van der Waals surface area contributed by atoms with Crippen LogP contribution in [0.1, 0.15) is 28.8 Å². The van der Waals surface area contributed by atoms with E-state index in [1.165, 1.54) is 7.11 Å². The molecular formula is C14H20ClNO3. The van der Waals surface area contributed by atoms with Crippen LogP contribution in [0.25, 0.3) is 0 Å². The minimum Gasteiger partial charge on any atom is -0.490 e. The highest BCUT2D eigenvalue weighted by Crippen LogP contribution is 2.23. The lowest BCUT2D eigenvalue weighted by atomic mass is 10.1.